The predicted molar refractivity (Wildman–Crippen MR) is 68.9 cm³/mol. The van der Waals surface area contributed by atoms with Crippen molar-refractivity contribution in [2.75, 3.05) is 13.2 Å². The Bertz CT molecular complexity index is 446. The average Bonchev–Trinajstić information content (AvgIpc) is 2.38. The third kappa shape index (κ3) is 5.37. The van der Waals surface area contributed by atoms with Crippen molar-refractivity contribution in [2.45, 2.75) is 19.9 Å². The van der Waals surface area contributed by atoms with E-state index in [1.165, 1.54) is 0 Å². The number of amides is 1. The van der Waals surface area contributed by atoms with Gasteiger partial charge in [-0.25, -0.2) is 4.79 Å². The molecule has 1 aromatic carbocycles. The number of hydrogen-bond donors (Lipinski definition) is 2. The molecule has 2 N–H and O–H groups in total. The van der Waals surface area contributed by atoms with E-state index in [-0.39, 0.29) is 6.61 Å². The van der Waals surface area contributed by atoms with Crippen LogP contribution in [0.3, 0.4) is 0 Å². The first-order valence-electron chi connectivity index (χ1n) is 5.85. The SMILES string of the molecule is CCOC(=O)NCc1cccc(C#CCCO)c1. The van der Waals surface area contributed by atoms with Gasteiger partial charge in [0.15, 0.2) is 0 Å². The van der Waals surface area contributed by atoms with Crippen LogP contribution in [-0.4, -0.2) is 24.4 Å². The molecule has 4 nitrogen and oxygen atoms in total. The first kappa shape index (κ1) is 14.1. The molecule has 0 atom stereocenters. The molecule has 0 bridgehead atoms. The Morgan fingerprint density at radius 1 is 1.50 bits per heavy atom. The van der Waals surface area contributed by atoms with Crippen LogP contribution < -0.4 is 5.32 Å². The molecule has 0 aromatic heterocycles. The molecule has 4 heteroatoms. The van der Waals surface area contributed by atoms with Gasteiger partial charge < -0.3 is 15.2 Å². The maximum absolute atomic E-state index is 11.1. The summed E-state index contributed by atoms with van der Waals surface area (Å²) in [7, 11) is 0. The van der Waals surface area contributed by atoms with Gasteiger partial charge >= 0.3 is 6.09 Å². The number of benzene rings is 1. The number of aliphatic hydroxyl groups is 1. The Morgan fingerprint density at radius 3 is 3.06 bits per heavy atom. The lowest BCUT2D eigenvalue weighted by Gasteiger charge is -2.05. The molecule has 0 saturated heterocycles. The summed E-state index contributed by atoms with van der Waals surface area (Å²) in [5.41, 5.74) is 1.82. The Hall–Kier alpha value is -1.99. The Balaban J connectivity index is 2.55. The van der Waals surface area contributed by atoms with Gasteiger partial charge in [0.25, 0.3) is 0 Å². The molecule has 0 unspecified atom stereocenters. The molecule has 0 spiro atoms. The topological polar surface area (TPSA) is 58.6 Å². The Morgan fingerprint density at radius 2 is 2.33 bits per heavy atom. The normalized spacial score (nSPS) is 9.22. The molecule has 0 aliphatic rings. The number of rotatable bonds is 4. The second kappa shape index (κ2) is 8.15. The summed E-state index contributed by atoms with van der Waals surface area (Å²) < 4.78 is 4.77. The van der Waals surface area contributed by atoms with E-state index < -0.39 is 6.09 Å². The molecule has 0 radical (unpaired) electrons. The second-order valence-corrected chi connectivity index (χ2v) is 3.55. The lowest BCUT2D eigenvalue weighted by Crippen LogP contribution is -2.23. The molecular formula is C14H17NO3. The van der Waals surface area contributed by atoms with E-state index in [0.29, 0.717) is 19.6 Å². The fraction of sp³-hybridized carbons (Fsp3) is 0.357. The molecule has 1 aromatic rings. The van der Waals surface area contributed by atoms with Crippen LogP contribution in [0.4, 0.5) is 4.79 Å². The molecule has 0 saturated carbocycles. The van der Waals surface area contributed by atoms with Crippen molar-refractivity contribution in [1.82, 2.24) is 5.32 Å². The van der Waals surface area contributed by atoms with Gasteiger partial charge in [-0.2, -0.15) is 0 Å². The number of ether oxygens (including phenoxy) is 1. The van der Waals surface area contributed by atoms with Gasteiger partial charge in [-0.15, -0.1) is 0 Å². The van der Waals surface area contributed by atoms with Gasteiger partial charge in [-0.3, -0.25) is 0 Å². The number of carbonyl (C=O) groups is 1. The lowest BCUT2D eigenvalue weighted by atomic mass is 10.1. The smallest absolute Gasteiger partial charge is 0.407 e. The molecule has 1 rings (SSSR count). The van der Waals surface area contributed by atoms with Crippen LogP contribution in [0.25, 0.3) is 0 Å². The number of hydrogen-bond acceptors (Lipinski definition) is 3. The number of carbonyl (C=O) groups excluding carboxylic acids is 1. The van der Waals surface area contributed by atoms with Gasteiger partial charge in [0.1, 0.15) is 0 Å². The standard InChI is InChI=1S/C14H17NO3/c1-2-18-14(17)15-11-13-8-5-7-12(10-13)6-3-4-9-16/h5,7-8,10,16H,2,4,9,11H2,1H3,(H,15,17). The first-order chi connectivity index (χ1) is 8.76. The van der Waals surface area contributed by atoms with Crippen LogP contribution in [0.1, 0.15) is 24.5 Å². The van der Waals surface area contributed by atoms with E-state index in [2.05, 4.69) is 17.2 Å². The number of aliphatic hydroxyl groups excluding tert-OH is 1. The summed E-state index contributed by atoms with van der Waals surface area (Å²) in [4.78, 5) is 11.1. The zero-order valence-corrected chi connectivity index (χ0v) is 10.4. The Kier molecular flexibility index (Phi) is 6.37. The summed E-state index contributed by atoms with van der Waals surface area (Å²) in [6.45, 7) is 2.60. The third-order valence-corrected chi connectivity index (χ3v) is 2.11. The van der Waals surface area contributed by atoms with Crippen LogP contribution in [-0.2, 0) is 11.3 Å². The maximum Gasteiger partial charge on any atom is 0.407 e. The summed E-state index contributed by atoms with van der Waals surface area (Å²) >= 11 is 0. The molecule has 1 amide bonds. The molecular weight excluding hydrogens is 230 g/mol. The van der Waals surface area contributed by atoms with Crippen LogP contribution >= 0.6 is 0 Å². The third-order valence-electron chi connectivity index (χ3n) is 2.11. The van der Waals surface area contributed by atoms with Crippen molar-refractivity contribution < 1.29 is 14.6 Å². The zero-order valence-electron chi connectivity index (χ0n) is 10.4. The highest BCUT2D eigenvalue weighted by Crippen LogP contribution is 2.04. The van der Waals surface area contributed by atoms with Crippen LogP contribution in [0.2, 0.25) is 0 Å². The highest BCUT2D eigenvalue weighted by molar-refractivity contribution is 5.67. The van der Waals surface area contributed by atoms with Crippen molar-refractivity contribution in [3.05, 3.63) is 35.4 Å². The summed E-state index contributed by atoms with van der Waals surface area (Å²) in [5, 5.41) is 11.3. The minimum atomic E-state index is -0.422. The van der Waals surface area contributed by atoms with Gasteiger partial charge in [0, 0.05) is 18.5 Å². The van der Waals surface area contributed by atoms with Crippen molar-refractivity contribution in [2.24, 2.45) is 0 Å². The molecule has 18 heavy (non-hydrogen) atoms. The highest BCUT2D eigenvalue weighted by Gasteiger charge is 2.00. The van der Waals surface area contributed by atoms with Crippen molar-refractivity contribution in [1.29, 1.82) is 0 Å². The fourth-order valence-electron chi connectivity index (χ4n) is 1.34. The van der Waals surface area contributed by atoms with E-state index in [0.717, 1.165) is 11.1 Å². The van der Waals surface area contributed by atoms with Gasteiger partial charge in [0.05, 0.1) is 13.2 Å². The molecule has 0 aliphatic carbocycles. The first-order valence-corrected chi connectivity index (χ1v) is 5.85. The van der Waals surface area contributed by atoms with Gasteiger partial charge in [-0.1, -0.05) is 24.0 Å². The fourth-order valence-corrected chi connectivity index (χ4v) is 1.34. The van der Waals surface area contributed by atoms with E-state index in [4.69, 9.17) is 9.84 Å². The number of alkyl carbamates (subject to hydrolysis) is 1. The summed E-state index contributed by atoms with van der Waals surface area (Å²) in [5.74, 6) is 5.80. The van der Waals surface area contributed by atoms with Crippen LogP contribution in [0, 0.1) is 11.8 Å². The summed E-state index contributed by atoms with van der Waals surface area (Å²) in [6.07, 6.45) is 0.0416. The monoisotopic (exact) mass is 247 g/mol. The average molecular weight is 247 g/mol. The molecule has 0 heterocycles. The van der Waals surface area contributed by atoms with Gasteiger partial charge in [-0.05, 0) is 24.6 Å². The maximum atomic E-state index is 11.1. The predicted octanol–water partition coefficient (Wildman–Crippen LogP) is 1.67. The molecule has 96 valence electrons. The van der Waals surface area contributed by atoms with E-state index >= 15 is 0 Å². The van der Waals surface area contributed by atoms with E-state index in [1.54, 1.807) is 6.92 Å². The second-order valence-electron chi connectivity index (χ2n) is 3.55. The Labute approximate surface area is 107 Å². The van der Waals surface area contributed by atoms with E-state index in [1.807, 2.05) is 24.3 Å². The van der Waals surface area contributed by atoms with E-state index in [9.17, 15) is 4.79 Å². The highest BCUT2D eigenvalue weighted by atomic mass is 16.5. The minimum Gasteiger partial charge on any atom is -0.450 e. The molecule has 0 fully saturated rings. The largest absolute Gasteiger partial charge is 0.450 e. The van der Waals surface area contributed by atoms with Crippen molar-refractivity contribution in [3.63, 3.8) is 0 Å². The minimum absolute atomic E-state index is 0.0666. The van der Waals surface area contributed by atoms with Crippen molar-refractivity contribution >= 4 is 6.09 Å². The van der Waals surface area contributed by atoms with Crippen LogP contribution in [0.5, 0.6) is 0 Å². The quantitative estimate of drug-likeness (QED) is 0.796. The summed E-state index contributed by atoms with van der Waals surface area (Å²) in [6, 6.07) is 7.57. The zero-order chi connectivity index (χ0) is 13.2. The molecule has 0 aliphatic heterocycles. The number of nitrogens with one attached hydrogen (secondary N) is 1. The van der Waals surface area contributed by atoms with Gasteiger partial charge in [0.2, 0.25) is 0 Å². The van der Waals surface area contributed by atoms with Crippen LogP contribution in [0.15, 0.2) is 24.3 Å². The lowest BCUT2D eigenvalue weighted by molar-refractivity contribution is 0.151. The van der Waals surface area contributed by atoms with Crippen molar-refractivity contribution in [3.8, 4) is 11.8 Å².